The Morgan fingerprint density at radius 3 is 2.29 bits per heavy atom. The van der Waals surface area contributed by atoms with E-state index in [4.69, 9.17) is 4.74 Å². The molecule has 0 aromatic carbocycles. The Labute approximate surface area is 103 Å². The molecule has 0 heterocycles. The zero-order valence-electron chi connectivity index (χ0n) is 10.9. The molecule has 0 aliphatic carbocycles. The fourth-order valence-electron chi connectivity index (χ4n) is 1.09. The lowest BCUT2D eigenvalue weighted by Crippen LogP contribution is -2.38. The molecule has 0 fully saturated rings. The molecule has 0 bridgehead atoms. The first-order chi connectivity index (χ1) is 7.80. The van der Waals surface area contributed by atoms with E-state index in [0.29, 0.717) is 13.1 Å². The van der Waals surface area contributed by atoms with Gasteiger partial charge in [0, 0.05) is 19.5 Å². The van der Waals surface area contributed by atoms with Crippen molar-refractivity contribution in [2.75, 3.05) is 13.1 Å². The summed E-state index contributed by atoms with van der Waals surface area (Å²) in [4.78, 5) is 24.3. The molecule has 0 saturated carbocycles. The van der Waals surface area contributed by atoms with Crippen LogP contribution in [0, 0.1) is 0 Å². The van der Waals surface area contributed by atoms with Crippen molar-refractivity contribution in [3.63, 3.8) is 0 Å². The molecule has 0 rings (SSSR count). The van der Waals surface area contributed by atoms with Crippen LogP contribution >= 0.6 is 0 Å². The lowest BCUT2D eigenvalue weighted by molar-refractivity contribution is -0.114. The van der Waals surface area contributed by atoms with Crippen LogP contribution in [0.15, 0.2) is 25.3 Å². The second kappa shape index (κ2) is 6.89. The van der Waals surface area contributed by atoms with Gasteiger partial charge in [0.05, 0.1) is 0 Å². The molecular weight excluding hydrogens is 218 g/mol. The highest BCUT2D eigenvalue weighted by atomic mass is 16.6. The Hall–Kier alpha value is -1.58. The smallest absolute Gasteiger partial charge is 0.410 e. The molecule has 0 atom stereocenters. The van der Waals surface area contributed by atoms with Crippen molar-refractivity contribution < 1.29 is 14.3 Å². The Morgan fingerprint density at radius 2 is 1.88 bits per heavy atom. The van der Waals surface area contributed by atoms with E-state index in [1.165, 1.54) is 11.0 Å². The standard InChI is InChI=1S/C13H21NO3/c1-6-9-14(10-8-11(15)7-2)12(16)17-13(3,4)5/h6-7H,1-2,8-10H2,3-5H3. The summed E-state index contributed by atoms with van der Waals surface area (Å²) in [5.74, 6) is -0.0948. The maximum atomic E-state index is 11.8. The summed E-state index contributed by atoms with van der Waals surface area (Å²) in [7, 11) is 0. The molecule has 17 heavy (non-hydrogen) atoms. The van der Waals surface area contributed by atoms with Gasteiger partial charge in [-0.3, -0.25) is 4.79 Å². The van der Waals surface area contributed by atoms with Crippen molar-refractivity contribution in [2.45, 2.75) is 32.8 Å². The quantitative estimate of drug-likeness (QED) is 0.528. The highest BCUT2D eigenvalue weighted by molar-refractivity contribution is 5.89. The van der Waals surface area contributed by atoms with Crippen LogP contribution in [0.1, 0.15) is 27.2 Å². The largest absolute Gasteiger partial charge is 0.444 e. The van der Waals surface area contributed by atoms with Gasteiger partial charge in [0.25, 0.3) is 0 Å². The van der Waals surface area contributed by atoms with Gasteiger partial charge < -0.3 is 9.64 Å². The second-order valence-corrected chi connectivity index (χ2v) is 4.64. The number of rotatable bonds is 6. The minimum Gasteiger partial charge on any atom is -0.444 e. The van der Waals surface area contributed by atoms with Crippen molar-refractivity contribution in [3.05, 3.63) is 25.3 Å². The number of allylic oxidation sites excluding steroid dienone is 1. The maximum Gasteiger partial charge on any atom is 0.410 e. The molecule has 0 radical (unpaired) electrons. The van der Waals surface area contributed by atoms with Gasteiger partial charge in [-0.15, -0.1) is 6.58 Å². The summed E-state index contributed by atoms with van der Waals surface area (Å²) >= 11 is 0. The van der Waals surface area contributed by atoms with Crippen molar-refractivity contribution in [2.24, 2.45) is 0 Å². The number of ether oxygens (including phenoxy) is 1. The Kier molecular flexibility index (Phi) is 6.25. The predicted octanol–water partition coefficient (Wildman–Crippen LogP) is 2.55. The number of carbonyl (C=O) groups excluding carboxylic acids is 2. The topological polar surface area (TPSA) is 46.6 Å². The maximum absolute atomic E-state index is 11.8. The SMILES string of the molecule is C=CCN(CCC(=O)C=C)C(=O)OC(C)(C)C. The van der Waals surface area contributed by atoms with Gasteiger partial charge in [0.2, 0.25) is 0 Å². The van der Waals surface area contributed by atoms with Crippen LogP contribution in [0.5, 0.6) is 0 Å². The summed E-state index contributed by atoms with van der Waals surface area (Å²) in [5, 5.41) is 0. The van der Waals surface area contributed by atoms with E-state index >= 15 is 0 Å². The molecule has 0 aliphatic heterocycles. The fourth-order valence-corrected chi connectivity index (χ4v) is 1.09. The fraction of sp³-hybridized carbons (Fsp3) is 0.538. The molecule has 4 nitrogen and oxygen atoms in total. The number of amides is 1. The third-order valence-electron chi connectivity index (χ3n) is 1.86. The normalized spacial score (nSPS) is 10.5. The van der Waals surface area contributed by atoms with Gasteiger partial charge in [-0.25, -0.2) is 4.79 Å². The monoisotopic (exact) mass is 239 g/mol. The minimum atomic E-state index is -0.543. The average Bonchev–Trinajstić information content (AvgIpc) is 2.20. The first kappa shape index (κ1) is 15.4. The van der Waals surface area contributed by atoms with Gasteiger partial charge in [0.1, 0.15) is 5.60 Å². The van der Waals surface area contributed by atoms with E-state index in [1.807, 2.05) is 0 Å². The number of nitrogens with zero attached hydrogens (tertiary/aromatic N) is 1. The Balaban J connectivity index is 4.40. The zero-order chi connectivity index (χ0) is 13.5. The Morgan fingerprint density at radius 1 is 1.29 bits per heavy atom. The average molecular weight is 239 g/mol. The summed E-state index contributed by atoms with van der Waals surface area (Å²) in [6.07, 6.45) is 2.66. The van der Waals surface area contributed by atoms with E-state index in [0.717, 1.165) is 0 Å². The minimum absolute atomic E-state index is 0.0948. The summed E-state index contributed by atoms with van der Waals surface area (Å²) in [5.41, 5.74) is -0.543. The summed E-state index contributed by atoms with van der Waals surface area (Å²) in [6, 6.07) is 0. The molecule has 0 unspecified atom stereocenters. The third-order valence-corrected chi connectivity index (χ3v) is 1.86. The molecule has 0 N–H and O–H groups in total. The van der Waals surface area contributed by atoms with Crippen LogP contribution in [0.25, 0.3) is 0 Å². The third kappa shape index (κ3) is 7.33. The predicted molar refractivity (Wildman–Crippen MR) is 67.8 cm³/mol. The van der Waals surface area contributed by atoms with E-state index in [9.17, 15) is 9.59 Å². The lowest BCUT2D eigenvalue weighted by Gasteiger charge is -2.26. The molecule has 4 heteroatoms. The number of carbonyl (C=O) groups is 2. The number of hydrogen-bond donors (Lipinski definition) is 0. The zero-order valence-corrected chi connectivity index (χ0v) is 10.9. The van der Waals surface area contributed by atoms with Crippen molar-refractivity contribution in [3.8, 4) is 0 Å². The van der Waals surface area contributed by atoms with Crippen molar-refractivity contribution >= 4 is 11.9 Å². The van der Waals surface area contributed by atoms with Gasteiger partial charge in [-0.1, -0.05) is 12.7 Å². The van der Waals surface area contributed by atoms with Crippen LogP contribution in [-0.2, 0) is 9.53 Å². The van der Waals surface area contributed by atoms with Gasteiger partial charge in [0.15, 0.2) is 5.78 Å². The first-order valence-electron chi connectivity index (χ1n) is 5.54. The molecule has 1 amide bonds. The molecule has 0 spiro atoms. The van der Waals surface area contributed by atoms with Gasteiger partial charge in [-0.2, -0.15) is 0 Å². The van der Waals surface area contributed by atoms with Gasteiger partial charge in [-0.05, 0) is 26.8 Å². The van der Waals surface area contributed by atoms with Crippen molar-refractivity contribution in [1.29, 1.82) is 0 Å². The number of hydrogen-bond acceptors (Lipinski definition) is 3. The van der Waals surface area contributed by atoms with Gasteiger partial charge >= 0.3 is 6.09 Å². The van der Waals surface area contributed by atoms with Crippen LogP contribution < -0.4 is 0 Å². The van der Waals surface area contributed by atoms with E-state index in [2.05, 4.69) is 13.2 Å². The first-order valence-corrected chi connectivity index (χ1v) is 5.54. The molecule has 0 aromatic heterocycles. The van der Waals surface area contributed by atoms with E-state index in [-0.39, 0.29) is 12.2 Å². The number of ketones is 1. The molecular formula is C13H21NO3. The second-order valence-electron chi connectivity index (χ2n) is 4.64. The molecule has 96 valence electrons. The summed E-state index contributed by atoms with van der Waals surface area (Å²) < 4.78 is 5.22. The highest BCUT2D eigenvalue weighted by Gasteiger charge is 2.21. The van der Waals surface area contributed by atoms with E-state index < -0.39 is 11.7 Å². The lowest BCUT2D eigenvalue weighted by atomic mass is 10.2. The molecule has 0 aliphatic rings. The van der Waals surface area contributed by atoms with Crippen LogP contribution in [0.2, 0.25) is 0 Å². The molecule has 0 aromatic rings. The van der Waals surface area contributed by atoms with Crippen LogP contribution in [0.4, 0.5) is 4.79 Å². The highest BCUT2D eigenvalue weighted by Crippen LogP contribution is 2.10. The summed E-state index contributed by atoms with van der Waals surface area (Å²) in [6.45, 7) is 13.0. The van der Waals surface area contributed by atoms with Crippen molar-refractivity contribution in [1.82, 2.24) is 4.90 Å². The van der Waals surface area contributed by atoms with Crippen LogP contribution in [0.3, 0.4) is 0 Å². The van der Waals surface area contributed by atoms with Crippen LogP contribution in [-0.4, -0.2) is 35.5 Å². The Bertz CT molecular complexity index is 302. The van der Waals surface area contributed by atoms with E-state index in [1.54, 1.807) is 26.8 Å². The molecule has 0 saturated heterocycles.